The quantitative estimate of drug-likeness (QED) is 0.686. The number of nitrogens with one attached hydrogen (secondary N) is 1. The summed E-state index contributed by atoms with van der Waals surface area (Å²) < 4.78 is 0. The van der Waals surface area contributed by atoms with Crippen molar-refractivity contribution >= 4 is 11.8 Å². The van der Waals surface area contributed by atoms with E-state index in [4.69, 9.17) is 0 Å². The minimum atomic E-state index is -0.311. The van der Waals surface area contributed by atoms with Crippen LogP contribution in [0.15, 0.2) is 0 Å². The molecule has 1 saturated heterocycles. The number of likely N-dealkylation sites (N-methyl/N-ethyl adjacent to an activating group) is 1. The number of hydrogen-bond donors (Lipinski definition) is 1. The summed E-state index contributed by atoms with van der Waals surface area (Å²) in [6.45, 7) is 5.45. The highest BCUT2D eigenvalue weighted by molar-refractivity contribution is 6.05. The first-order valence-corrected chi connectivity index (χ1v) is 7.34. The van der Waals surface area contributed by atoms with E-state index < -0.39 is 0 Å². The van der Waals surface area contributed by atoms with Crippen LogP contribution in [0.3, 0.4) is 0 Å². The summed E-state index contributed by atoms with van der Waals surface area (Å²) in [7, 11) is 2.13. The van der Waals surface area contributed by atoms with Crippen LogP contribution >= 0.6 is 0 Å². The molecule has 2 fully saturated rings. The van der Waals surface area contributed by atoms with Gasteiger partial charge in [0, 0.05) is 25.2 Å². The molecule has 0 aromatic rings. The van der Waals surface area contributed by atoms with Crippen LogP contribution in [0.2, 0.25) is 0 Å². The molecule has 0 aromatic carbocycles. The molecule has 1 saturated carbocycles. The third-order valence-corrected chi connectivity index (χ3v) is 4.17. The summed E-state index contributed by atoms with van der Waals surface area (Å²) in [4.78, 5) is 27.6. The molecule has 2 rings (SSSR count). The van der Waals surface area contributed by atoms with Crippen molar-refractivity contribution < 1.29 is 9.59 Å². The van der Waals surface area contributed by atoms with Crippen molar-refractivity contribution in [3.8, 4) is 0 Å². The van der Waals surface area contributed by atoms with E-state index in [1.54, 1.807) is 0 Å². The molecule has 0 radical (unpaired) electrons. The lowest BCUT2D eigenvalue weighted by Gasteiger charge is -2.25. The van der Waals surface area contributed by atoms with Crippen molar-refractivity contribution in [2.75, 3.05) is 20.1 Å². The molecule has 2 atom stereocenters. The van der Waals surface area contributed by atoms with Gasteiger partial charge >= 0.3 is 0 Å². The molecule has 0 aromatic heterocycles. The molecule has 2 unspecified atom stereocenters. The first kappa shape index (κ1) is 14.5. The van der Waals surface area contributed by atoms with Gasteiger partial charge < -0.3 is 5.32 Å². The normalized spacial score (nSPS) is 25.5. The van der Waals surface area contributed by atoms with Crippen molar-refractivity contribution in [2.24, 2.45) is 0 Å². The van der Waals surface area contributed by atoms with Gasteiger partial charge in [0.15, 0.2) is 0 Å². The number of hydrogen-bond acceptors (Lipinski definition) is 4. The zero-order valence-corrected chi connectivity index (χ0v) is 12.2. The van der Waals surface area contributed by atoms with Crippen molar-refractivity contribution in [1.82, 2.24) is 15.1 Å². The van der Waals surface area contributed by atoms with Gasteiger partial charge in [-0.25, -0.2) is 0 Å². The molecule has 1 heterocycles. The minimum Gasteiger partial charge on any atom is -0.304 e. The third-order valence-electron chi connectivity index (χ3n) is 4.17. The van der Waals surface area contributed by atoms with Gasteiger partial charge in [-0.05, 0) is 33.2 Å². The van der Waals surface area contributed by atoms with Gasteiger partial charge in [0.05, 0.1) is 12.5 Å². The first-order valence-electron chi connectivity index (χ1n) is 7.34. The lowest BCUT2D eigenvalue weighted by Crippen LogP contribution is -2.45. The fraction of sp³-hybridized carbons (Fsp3) is 0.857. The highest BCUT2D eigenvalue weighted by Gasteiger charge is 2.38. The van der Waals surface area contributed by atoms with E-state index in [0.717, 1.165) is 13.0 Å². The Kier molecular flexibility index (Phi) is 4.58. The monoisotopic (exact) mass is 267 g/mol. The van der Waals surface area contributed by atoms with Gasteiger partial charge in [-0.15, -0.1) is 0 Å². The fourth-order valence-corrected chi connectivity index (χ4v) is 2.60. The molecule has 2 amide bonds. The van der Waals surface area contributed by atoms with E-state index in [0.29, 0.717) is 25.0 Å². The van der Waals surface area contributed by atoms with E-state index in [-0.39, 0.29) is 17.9 Å². The molecular formula is C14H25N3O2. The number of imide groups is 1. The predicted molar refractivity (Wildman–Crippen MR) is 73.7 cm³/mol. The summed E-state index contributed by atoms with van der Waals surface area (Å²) in [5.41, 5.74) is 0. The van der Waals surface area contributed by atoms with Crippen LogP contribution in [0, 0.1) is 0 Å². The molecule has 1 N–H and O–H groups in total. The zero-order chi connectivity index (χ0) is 14.0. The van der Waals surface area contributed by atoms with Gasteiger partial charge in [0.1, 0.15) is 0 Å². The van der Waals surface area contributed by atoms with Crippen LogP contribution in [0.5, 0.6) is 0 Å². The number of amides is 2. The molecule has 1 aliphatic carbocycles. The Morgan fingerprint density at radius 2 is 2.11 bits per heavy atom. The maximum Gasteiger partial charge on any atom is 0.246 e. The minimum absolute atomic E-state index is 0.0347. The highest BCUT2D eigenvalue weighted by Crippen LogP contribution is 2.26. The summed E-state index contributed by atoms with van der Waals surface area (Å²) in [5.74, 6) is -0.0827. The molecule has 108 valence electrons. The summed E-state index contributed by atoms with van der Waals surface area (Å²) in [6, 6.07) is 0.805. The van der Waals surface area contributed by atoms with Crippen LogP contribution in [0.1, 0.15) is 39.5 Å². The van der Waals surface area contributed by atoms with Crippen LogP contribution in [0.25, 0.3) is 0 Å². The summed E-state index contributed by atoms with van der Waals surface area (Å²) >= 11 is 0. The second kappa shape index (κ2) is 6.01. The van der Waals surface area contributed by atoms with Crippen molar-refractivity contribution in [3.05, 3.63) is 0 Å². The molecule has 2 aliphatic rings. The number of rotatable bonds is 7. The Bertz CT molecular complexity index is 355. The average Bonchev–Trinajstić information content (AvgIpc) is 3.19. The number of carbonyl (C=O) groups is 2. The lowest BCUT2D eigenvalue weighted by atomic mass is 10.2. The second-order valence-electron chi connectivity index (χ2n) is 5.79. The van der Waals surface area contributed by atoms with E-state index in [1.807, 2.05) is 6.92 Å². The van der Waals surface area contributed by atoms with Crippen molar-refractivity contribution in [2.45, 2.75) is 57.7 Å². The first-order chi connectivity index (χ1) is 9.04. The Morgan fingerprint density at radius 1 is 1.42 bits per heavy atom. The lowest BCUT2D eigenvalue weighted by molar-refractivity contribution is -0.138. The molecule has 0 bridgehead atoms. The van der Waals surface area contributed by atoms with E-state index in [9.17, 15) is 9.59 Å². The summed E-state index contributed by atoms with van der Waals surface area (Å²) in [5, 5.41) is 3.26. The predicted octanol–water partition coefficient (Wildman–Crippen LogP) is 0.596. The standard InChI is InChI=1S/C14H25N3O2/c1-4-7-17-13(18)8-12(14(17)19)15-9-10(2)16(3)11-5-6-11/h10-12,15H,4-9H2,1-3H3. The Morgan fingerprint density at radius 3 is 2.68 bits per heavy atom. The Labute approximate surface area is 115 Å². The number of likely N-dealkylation sites (tertiary alicyclic amines) is 1. The maximum absolute atomic E-state index is 12.1. The largest absolute Gasteiger partial charge is 0.304 e. The summed E-state index contributed by atoms with van der Waals surface area (Å²) in [6.07, 6.45) is 3.71. The van der Waals surface area contributed by atoms with Gasteiger partial charge in [-0.2, -0.15) is 0 Å². The maximum atomic E-state index is 12.1. The van der Waals surface area contributed by atoms with Crippen LogP contribution in [0.4, 0.5) is 0 Å². The Balaban J connectivity index is 1.79. The van der Waals surface area contributed by atoms with E-state index >= 15 is 0 Å². The molecular weight excluding hydrogens is 242 g/mol. The van der Waals surface area contributed by atoms with Gasteiger partial charge in [0.2, 0.25) is 11.8 Å². The molecule has 5 heteroatoms. The van der Waals surface area contributed by atoms with Gasteiger partial charge in [-0.3, -0.25) is 19.4 Å². The smallest absolute Gasteiger partial charge is 0.246 e. The molecule has 1 aliphatic heterocycles. The van der Waals surface area contributed by atoms with Gasteiger partial charge in [0.25, 0.3) is 0 Å². The fourth-order valence-electron chi connectivity index (χ4n) is 2.60. The van der Waals surface area contributed by atoms with Crippen LogP contribution < -0.4 is 5.32 Å². The van der Waals surface area contributed by atoms with E-state index in [1.165, 1.54) is 17.7 Å². The van der Waals surface area contributed by atoms with Crippen LogP contribution in [-0.2, 0) is 9.59 Å². The van der Waals surface area contributed by atoms with E-state index in [2.05, 4.69) is 24.2 Å². The average molecular weight is 267 g/mol. The van der Waals surface area contributed by atoms with Crippen molar-refractivity contribution in [3.63, 3.8) is 0 Å². The number of carbonyl (C=O) groups excluding carboxylic acids is 2. The molecule has 5 nitrogen and oxygen atoms in total. The highest BCUT2D eigenvalue weighted by atomic mass is 16.2. The third kappa shape index (κ3) is 3.34. The SMILES string of the molecule is CCCN1C(=O)CC(NCC(C)N(C)C2CC2)C1=O. The topological polar surface area (TPSA) is 52.7 Å². The second-order valence-corrected chi connectivity index (χ2v) is 5.79. The molecule has 19 heavy (non-hydrogen) atoms. The number of nitrogens with zero attached hydrogens (tertiary/aromatic N) is 2. The molecule has 0 spiro atoms. The zero-order valence-electron chi connectivity index (χ0n) is 12.2. The van der Waals surface area contributed by atoms with Gasteiger partial charge in [-0.1, -0.05) is 6.92 Å². The van der Waals surface area contributed by atoms with Crippen molar-refractivity contribution in [1.29, 1.82) is 0 Å². The Hall–Kier alpha value is -0.940. The van der Waals surface area contributed by atoms with Crippen LogP contribution in [-0.4, -0.2) is 59.9 Å².